The predicted octanol–water partition coefficient (Wildman–Crippen LogP) is 3.74. The Hall–Kier alpha value is -2.58. The van der Waals surface area contributed by atoms with Crippen molar-refractivity contribution < 1.29 is 17.9 Å². The summed E-state index contributed by atoms with van der Waals surface area (Å²) >= 11 is 6.09. The normalized spacial score (nSPS) is 11.5. The number of hydrogen-bond acceptors (Lipinski definition) is 5. The number of ether oxygens (including phenoxy) is 1. The van der Waals surface area contributed by atoms with E-state index in [2.05, 4.69) is 17.5 Å². The number of sulfonamides is 1. The summed E-state index contributed by atoms with van der Waals surface area (Å²) in [6, 6.07) is 12.1. The molecule has 2 aromatic carbocycles. The maximum absolute atomic E-state index is 12.2. The molecule has 0 radical (unpaired) electrons. The van der Waals surface area contributed by atoms with E-state index in [0.717, 1.165) is 40.3 Å². The fourth-order valence-corrected chi connectivity index (χ4v) is 3.49. The van der Waals surface area contributed by atoms with Crippen LogP contribution in [-0.2, 0) is 14.8 Å². The van der Waals surface area contributed by atoms with Crippen molar-refractivity contribution in [3.05, 3.63) is 58.6 Å². The molecule has 162 valence electrons. The van der Waals surface area contributed by atoms with Gasteiger partial charge in [-0.15, -0.1) is 0 Å². The second-order valence-electron chi connectivity index (χ2n) is 6.77. The summed E-state index contributed by atoms with van der Waals surface area (Å²) in [5.41, 5.74) is 4.23. The Morgan fingerprint density at radius 2 is 1.93 bits per heavy atom. The van der Waals surface area contributed by atoms with Crippen molar-refractivity contribution in [3.8, 4) is 5.75 Å². The molecule has 1 amide bonds. The minimum Gasteiger partial charge on any atom is -0.494 e. The Bertz CT molecular complexity index is 992. The molecular weight excluding hydrogens is 426 g/mol. The van der Waals surface area contributed by atoms with Gasteiger partial charge in [0.1, 0.15) is 12.3 Å². The number of unbranched alkanes of at least 4 members (excludes halogenated alkanes) is 1. The first-order valence-corrected chi connectivity index (χ1v) is 11.7. The molecule has 0 aliphatic carbocycles. The second-order valence-corrected chi connectivity index (χ2v) is 9.08. The monoisotopic (exact) mass is 451 g/mol. The van der Waals surface area contributed by atoms with Crippen LogP contribution in [0, 0.1) is 6.92 Å². The van der Waals surface area contributed by atoms with Gasteiger partial charge in [0.2, 0.25) is 10.0 Å². The van der Waals surface area contributed by atoms with Gasteiger partial charge in [0.05, 0.1) is 24.8 Å². The van der Waals surface area contributed by atoms with Crippen molar-refractivity contribution in [3.63, 3.8) is 0 Å². The molecule has 0 fully saturated rings. The summed E-state index contributed by atoms with van der Waals surface area (Å²) in [6.45, 7) is 4.16. The van der Waals surface area contributed by atoms with Crippen LogP contribution in [0.3, 0.4) is 0 Å². The maximum Gasteiger partial charge on any atom is 0.260 e. The Balaban J connectivity index is 1.98. The highest BCUT2D eigenvalue weighted by Gasteiger charge is 2.21. The van der Waals surface area contributed by atoms with Gasteiger partial charge in [-0.1, -0.05) is 31.0 Å². The Kier molecular flexibility index (Phi) is 8.68. The Morgan fingerprint density at radius 1 is 1.23 bits per heavy atom. The van der Waals surface area contributed by atoms with Gasteiger partial charge in [0.15, 0.2) is 0 Å². The fourth-order valence-electron chi connectivity index (χ4n) is 2.47. The van der Waals surface area contributed by atoms with E-state index in [9.17, 15) is 13.2 Å². The first kappa shape index (κ1) is 23.7. The smallest absolute Gasteiger partial charge is 0.260 e. The quantitative estimate of drug-likeness (QED) is 0.338. The number of benzene rings is 2. The van der Waals surface area contributed by atoms with E-state index in [1.807, 2.05) is 31.2 Å². The topological polar surface area (TPSA) is 88.1 Å². The first-order valence-electron chi connectivity index (χ1n) is 9.49. The number of amides is 1. The summed E-state index contributed by atoms with van der Waals surface area (Å²) in [5, 5.41) is 4.31. The number of rotatable bonds is 10. The van der Waals surface area contributed by atoms with E-state index >= 15 is 0 Å². The number of nitrogens with one attached hydrogen (secondary N) is 1. The van der Waals surface area contributed by atoms with Crippen LogP contribution in [0.25, 0.3) is 0 Å². The number of aryl methyl sites for hydroxylation is 1. The van der Waals surface area contributed by atoms with Gasteiger partial charge in [0, 0.05) is 5.02 Å². The molecule has 1 N–H and O–H groups in total. The van der Waals surface area contributed by atoms with E-state index in [-0.39, 0.29) is 0 Å². The third kappa shape index (κ3) is 7.35. The number of nitrogens with zero attached hydrogens (tertiary/aromatic N) is 2. The van der Waals surface area contributed by atoms with Gasteiger partial charge in [-0.25, -0.2) is 13.8 Å². The SMILES string of the molecule is CCCCOc1ccc(/C=N\NC(=O)CN(c2ccc(C)c(Cl)c2)S(C)(=O)=O)cc1. The van der Waals surface area contributed by atoms with Crippen molar-refractivity contribution >= 4 is 39.4 Å². The number of halogens is 1. The number of anilines is 1. The van der Waals surface area contributed by atoms with Gasteiger partial charge >= 0.3 is 0 Å². The van der Waals surface area contributed by atoms with Crippen LogP contribution in [0.5, 0.6) is 5.75 Å². The lowest BCUT2D eigenvalue weighted by Crippen LogP contribution is -2.39. The van der Waals surface area contributed by atoms with Crippen LogP contribution in [0.15, 0.2) is 47.6 Å². The largest absolute Gasteiger partial charge is 0.494 e. The Labute approximate surface area is 182 Å². The van der Waals surface area contributed by atoms with Crippen LogP contribution in [-0.4, -0.2) is 39.9 Å². The molecule has 2 rings (SSSR count). The van der Waals surface area contributed by atoms with Crippen molar-refractivity contribution in [1.82, 2.24) is 5.43 Å². The first-order chi connectivity index (χ1) is 14.2. The fraction of sp³-hybridized carbons (Fsp3) is 0.333. The second kappa shape index (κ2) is 11.0. The van der Waals surface area contributed by atoms with Crippen LogP contribution in [0.4, 0.5) is 5.69 Å². The lowest BCUT2D eigenvalue weighted by Gasteiger charge is -2.21. The third-order valence-electron chi connectivity index (χ3n) is 4.18. The molecule has 0 aliphatic heterocycles. The van der Waals surface area contributed by atoms with Gasteiger partial charge in [-0.2, -0.15) is 5.10 Å². The number of carbonyl (C=O) groups excluding carboxylic acids is 1. The van der Waals surface area contributed by atoms with Crippen molar-refractivity contribution in [1.29, 1.82) is 0 Å². The Morgan fingerprint density at radius 3 is 2.53 bits per heavy atom. The summed E-state index contributed by atoms with van der Waals surface area (Å²) in [4.78, 5) is 12.2. The lowest BCUT2D eigenvalue weighted by atomic mass is 10.2. The van der Waals surface area contributed by atoms with Crippen LogP contribution >= 0.6 is 11.6 Å². The molecule has 30 heavy (non-hydrogen) atoms. The minimum absolute atomic E-state index is 0.311. The molecule has 0 saturated heterocycles. The molecule has 0 unspecified atom stereocenters. The molecule has 9 heteroatoms. The predicted molar refractivity (Wildman–Crippen MR) is 121 cm³/mol. The van der Waals surface area contributed by atoms with Gasteiger partial charge in [0.25, 0.3) is 5.91 Å². The molecule has 0 heterocycles. The highest BCUT2D eigenvalue weighted by atomic mass is 35.5. The molecule has 0 spiro atoms. The van der Waals surface area contributed by atoms with E-state index in [4.69, 9.17) is 16.3 Å². The van der Waals surface area contributed by atoms with Gasteiger partial charge in [-0.05, 0) is 60.9 Å². The summed E-state index contributed by atoms with van der Waals surface area (Å²) in [5.74, 6) is 0.193. The highest BCUT2D eigenvalue weighted by Crippen LogP contribution is 2.24. The number of hydrogen-bond donors (Lipinski definition) is 1. The number of hydrazone groups is 1. The zero-order chi connectivity index (χ0) is 22.1. The van der Waals surface area contributed by atoms with Crippen molar-refractivity contribution in [2.75, 3.05) is 23.7 Å². The van der Waals surface area contributed by atoms with E-state index in [0.29, 0.717) is 17.3 Å². The van der Waals surface area contributed by atoms with Crippen molar-refractivity contribution in [2.45, 2.75) is 26.7 Å². The molecule has 0 bridgehead atoms. The zero-order valence-electron chi connectivity index (χ0n) is 17.3. The molecule has 0 atom stereocenters. The molecular formula is C21H26ClN3O4S. The van der Waals surface area contributed by atoms with Gasteiger partial charge < -0.3 is 4.74 Å². The molecule has 0 aliphatic rings. The maximum atomic E-state index is 12.2. The van der Waals surface area contributed by atoms with Crippen LogP contribution in [0.2, 0.25) is 5.02 Å². The van der Waals surface area contributed by atoms with Crippen LogP contribution < -0.4 is 14.5 Å². The zero-order valence-corrected chi connectivity index (χ0v) is 18.8. The molecule has 7 nitrogen and oxygen atoms in total. The van der Waals surface area contributed by atoms with E-state index in [1.54, 1.807) is 12.1 Å². The molecule has 2 aromatic rings. The lowest BCUT2D eigenvalue weighted by molar-refractivity contribution is -0.119. The van der Waals surface area contributed by atoms with E-state index < -0.39 is 22.5 Å². The van der Waals surface area contributed by atoms with Crippen molar-refractivity contribution in [2.24, 2.45) is 5.10 Å². The average molecular weight is 452 g/mol. The minimum atomic E-state index is -3.69. The third-order valence-corrected chi connectivity index (χ3v) is 5.73. The highest BCUT2D eigenvalue weighted by molar-refractivity contribution is 7.92. The summed E-state index contributed by atoms with van der Waals surface area (Å²) < 4.78 is 30.8. The summed E-state index contributed by atoms with van der Waals surface area (Å²) in [6.07, 6.45) is 4.56. The number of carbonyl (C=O) groups is 1. The van der Waals surface area contributed by atoms with E-state index in [1.165, 1.54) is 12.3 Å². The standard InChI is InChI=1S/C21H26ClN3O4S/c1-4-5-12-29-19-10-7-17(8-11-19)14-23-24-21(26)15-25(30(3,27)28)18-9-6-16(2)20(22)13-18/h6-11,13-14H,4-5,12,15H2,1-3H3,(H,24,26)/b23-14-. The molecule has 0 saturated carbocycles. The van der Waals surface area contributed by atoms with Crippen LogP contribution in [0.1, 0.15) is 30.9 Å². The van der Waals surface area contributed by atoms with Gasteiger partial charge in [-0.3, -0.25) is 9.10 Å². The summed E-state index contributed by atoms with van der Waals surface area (Å²) in [7, 11) is -3.69. The average Bonchev–Trinajstić information content (AvgIpc) is 2.69. The molecule has 0 aromatic heterocycles.